The molecule has 2 saturated heterocycles. The van der Waals surface area contributed by atoms with Gasteiger partial charge in [-0.25, -0.2) is 0 Å². The van der Waals surface area contributed by atoms with Gasteiger partial charge >= 0.3 is 6.18 Å². The number of nitrogens with one attached hydrogen (secondary N) is 1. The van der Waals surface area contributed by atoms with Gasteiger partial charge in [-0.15, -0.1) is 12.4 Å². The van der Waals surface area contributed by atoms with Crippen LogP contribution in [0, 0.1) is 5.41 Å². The molecule has 3 nitrogen and oxygen atoms in total. The quantitative estimate of drug-likeness (QED) is 0.871. The zero-order valence-electron chi connectivity index (χ0n) is 13.4. The fourth-order valence-electron chi connectivity index (χ4n) is 3.81. The number of carbonyl (C=O) groups excluding carboxylic acids is 1. The summed E-state index contributed by atoms with van der Waals surface area (Å²) in [5.41, 5.74) is -0.825. The van der Waals surface area contributed by atoms with E-state index in [4.69, 9.17) is 0 Å². The monoisotopic (exact) mass is 362 g/mol. The van der Waals surface area contributed by atoms with Crippen molar-refractivity contribution in [1.82, 2.24) is 10.2 Å². The van der Waals surface area contributed by atoms with E-state index in [2.05, 4.69) is 5.32 Å². The molecular weight excluding hydrogens is 341 g/mol. The number of nitrogens with zero attached hydrogens (tertiary/aromatic N) is 1. The molecular formula is C17H22ClF3N2O. The molecule has 24 heavy (non-hydrogen) atoms. The molecule has 0 aromatic heterocycles. The van der Waals surface area contributed by atoms with Crippen LogP contribution in [-0.2, 0) is 17.5 Å². The zero-order chi connectivity index (χ0) is 16.5. The molecule has 7 heteroatoms. The maximum absolute atomic E-state index is 13.1. The normalized spacial score (nSPS) is 20.8. The minimum absolute atomic E-state index is 0. The molecule has 0 atom stereocenters. The van der Waals surface area contributed by atoms with Crippen molar-refractivity contribution in [2.24, 2.45) is 5.41 Å². The molecule has 1 spiro atoms. The second-order valence-corrected chi connectivity index (χ2v) is 6.52. The Morgan fingerprint density at radius 2 is 1.79 bits per heavy atom. The lowest BCUT2D eigenvalue weighted by atomic mass is 9.72. The third-order valence-corrected chi connectivity index (χ3v) is 5.07. The standard InChI is InChI=1S/C17H21F3N2O.ClH/c18-17(19,20)14-5-2-1-4-13(14)12-22-11-3-6-16(15(22)23)7-9-21-10-8-16;/h1-2,4-5,21H,3,6-12H2;1H. The van der Waals surface area contributed by atoms with Crippen LogP contribution in [0.3, 0.4) is 0 Å². The Kier molecular flexibility index (Phi) is 5.81. The summed E-state index contributed by atoms with van der Waals surface area (Å²) >= 11 is 0. The van der Waals surface area contributed by atoms with Crippen molar-refractivity contribution in [2.45, 2.75) is 38.4 Å². The van der Waals surface area contributed by atoms with E-state index in [0.717, 1.165) is 44.8 Å². The van der Waals surface area contributed by atoms with Crippen molar-refractivity contribution >= 4 is 18.3 Å². The summed E-state index contributed by atoms with van der Waals surface area (Å²) in [4.78, 5) is 14.5. The number of piperidine rings is 2. The van der Waals surface area contributed by atoms with Gasteiger partial charge in [0.1, 0.15) is 0 Å². The van der Waals surface area contributed by atoms with Crippen LogP contribution in [0.1, 0.15) is 36.8 Å². The maximum atomic E-state index is 13.1. The molecule has 2 aliphatic rings. The predicted octanol–water partition coefficient (Wildman–Crippen LogP) is 3.62. The molecule has 0 unspecified atom stereocenters. The average molecular weight is 363 g/mol. The Bertz CT molecular complexity index is 580. The summed E-state index contributed by atoms with van der Waals surface area (Å²) in [6.07, 6.45) is -1.11. The highest BCUT2D eigenvalue weighted by molar-refractivity contribution is 5.85. The largest absolute Gasteiger partial charge is 0.416 e. The lowest BCUT2D eigenvalue weighted by Crippen LogP contribution is -2.52. The molecule has 0 saturated carbocycles. The lowest BCUT2D eigenvalue weighted by Gasteiger charge is -2.44. The molecule has 2 aliphatic heterocycles. The van der Waals surface area contributed by atoms with Crippen LogP contribution in [0.4, 0.5) is 13.2 Å². The van der Waals surface area contributed by atoms with Crippen LogP contribution in [0.15, 0.2) is 24.3 Å². The highest BCUT2D eigenvalue weighted by Gasteiger charge is 2.44. The topological polar surface area (TPSA) is 32.3 Å². The zero-order valence-corrected chi connectivity index (χ0v) is 14.2. The van der Waals surface area contributed by atoms with Gasteiger partial charge in [-0.05, 0) is 50.4 Å². The Hall–Kier alpha value is -1.27. The van der Waals surface area contributed by atoms with Gasteiger partial charge in [0.25, 0.3) is 0 Å². The van der Waals surface area contributed by atoms with E-state index in [0.29, 0.717) is 6.54 Å². The number of halogens is 4. The number of rotatable bonds is 2. The molecule has 1 N–H and O–H groups in total. The molecule has 1 aromatic carbocycles. The van der Waals surface area contributed by atoms with E-state index in [1.165, 1.54) is 12.1 Å². The number of carbonyl (C=O) groups is 1. The van der Waals surface area contributed by atoms with Crippen molar-refractivity contribution in [2.75, 3.05) is 19.6 Å². The summed E-state index contributed by atoms with van der Waals surface area (Å²) in [5, 5.41) is 3.25. The summed E-state index contributed by atoms with van der Waals surface area (Å²) < 4.78 is 39.4. The number of benzene rings is 1. The Morgan fingerprint density at radius 3 is 2.46 bits per heavy atom. The minimum Gasteiger partial charge on any atom is -0.338 e. The van der Waals surface area contributed by atoms with Gasteiger partial charge in [0.05, 0.1) is 11.0 Å². The minimum atomic E-state index is -4.39. The second-order valence-electron chi connectivity index (χ2n) is 6.52. The van der Waals surface area contributed by atoms with Crippen LogP contribution in [0.25, 0.3) is 0 Å². The summed E-state index contributed by atoms with van der Waals surface area (Å²) in [6.45, 7) is 2.20. The van der Waals surface area contributed by atoms with Crippen LogP contribution >= 0.6 is 12.4 Å². The van der Waals surface area contributed by atoms with E-state index in [1.54, 1.807) is 11.0 Å². The summed E-state index contributed by atoms with van der Waals surface area (Å²) in [5.74, 6) is 0.0298. The molecule has 1 aromatic rings. The van der Waals surface area contributed by atoms with E-state index in [1.807, 2.05) is 0 Å². The number of likely N-dealkylation sites (tertiary alicyclic amines) is 1. The van der Waals surface area contributed by atoms with Crippen molar-refractivity contribution < 1.29 is 18.0 Å². The van der Waals surface area contributed by atoms with Gasteiger partial charge in [0.15, 0.2) is 0 Å². The van der Waals surface area contributed by atoms with E-state index >= 15 is 0 Å². The molecule has 1 amide bonds. The first-order chi connectivity index (χ1) is 10.9. The fraction of sp³-hybridized carbons (Fsp3) is 0.588. The molecule has 3 rings (SSSR count). The summed E-state index contributed by atoms with van der Waals surface area (Å²) in [6, 6.07) is 5.54. The van der Waals surface area contributed by atoms with Crippen molar-refractivity contribution in [3.8, 4) is 0 Å². The number of alkyl halides is 3. The predicted molar refractivity (Wildman–Crippen MR) is 87.9 cm³/mol. The third kappa shape index (κ3) is 3.70. The number of amides is 1. The van der Waals surface area contributed by atoms with Gasteiger partial charge < -0.3 is 10.2 Å². The molecule has 2 heterocycles. The number of hydrogen-bond donors (Lipinski definition) is 1. The molecule has 134 valence electrons. The van der Waals surface area contributed by atoms with Crippen molar-refractivity contribution in [3.05, 3.63) is 35.4 Å². The lowest BCUT2D eigenvalue weighted by molar-refractivity contribution is -0.150. The first-order valence-corrected chi connectivity index (χ1v) is 8.08. The van der Waals surface area contributed by atoms with Crippen LogP contribution < -0.4 is 5.32 Å². The maximum Gasteiger partial charge on any atom is 0.416 e. The molecule has 0 bridgehead atoms. The van der Waals surface area contributed by atoms with Gasteiger partial charge in [0, 0.05) is 13.1 Å². The third-order valence-electron chi connectivity index (χ3n) is 5.07. The second kappa shape index (κ2) is 7.31. The van der Waals surface area contributed by atoms with Gasteiger partial charge in [-0.1, -0.05) is 18.2 Å². The van der Waals surface area contributed by atoms with Gasteiger partial charge in [0.2, 0.25) is 5.91 Å². The average Bonchev–Trinajstić information content (AvgIpc) is 2.52. The van der Waals surface area contributed by atoms with Crippen molar-refractivity contribution in [3.63, 3.8) is 0 Å². The highest BCUT2D eigenvalue weighted by atomic mass is 35.5. The van der Waals surface area contributed by atoms with Crippen molar-refractivity contribution in [1.29, 1.82) is 0 Å². The van der Waals surface area contributed by atoms with E-state index in [9.17, 15) is 18.0 Å². The van der Waals surface area contributed by atoms with Crippen LogP contribution in [0.2, 0.25) is 0 Å². The highest BCUT2D eigenvalue weighted by Crippen LogP contribution is 2.40. The number of hydrogen-bond acceptors (Lipinski definition) is 2. The Morgan fingerprint density at radius 1 is 1.12 bits per heavy atom. The molecule has 0 aliphatic carbocycles. The smallest absolute Gasteiger partial charge is 0.338 e. The van der Waals surface area contributed by atoms with Crippen LogP contribution in [-0.4, -0.2) is 30.4 Å². The van der Waals surface area contributed by atoms with Crippen LogP contribution in [0.5, 0.6) is 0 Å². The van der Waals surface area contributed by atoms with Gasteiger partial charge in [-0.3, -0.25) is 4.79 Å². The Labute approximate surface area is 146 Å². The first-order valence-electron chi connectivity index (χ1n) is 8.08. The fourth-order valence-corrected chi connectivity index (χ4v) is 3.81. The first kappa shape index (κ1) is 19.1. The molecule has 2 fully saturated rings. The molecule has 0 radical (unpaired) electrons. The summed E-state index contributed by atoms with van der Waals surface area (Å²) in [7, 11) is 0. The SMILES string of the molecule is Cl.O=C1N(Cc2ccccc2C(F)(F)F)CCCC12CCNCC2. The van der Waals surface area contributed by atoms with E-state index < -0.39 is 11.7 Å². The Balaban J connectivity index is 0.00000208. The van der Waals surface area contributed by atoms with E-state index in [-0.39, 0.29) is 35.8 Å². The van der Waals surface area contributed by atoms with Gasteiger partial charge in [-0.2, -0.15) is 13.2 Å².